The number of anilines is 1. The summed E-state index contributed by atoms with van der Waals surface area (Å²) in [7, 11) is 0. The maximum atomic E-state index is 14.0. The Morgan fingerprint density at radius 3 is 2.41 bits per heavy atom. The first kappa shape index (κ1) is 12.3. The Balaban J connectivity index is 2.87. The van der Waals surface area contributed by atoms with Crippen LogP contribution in [0.15, 0.2) is 6.07 Å². The average molecular weight is 252 g/mol. The highest BCUT2D eigenvalue weighted by atomic mass is 32.1. The van der Waals surface area contributed by atoms with Gasteiger partial charge in [0, 0.05) is 0 Å². The number of hydrogen-bond donors (Lipinski definition) is 1. The van der Waals surface area contributed by atoms with E-state index < -0.39 is 0 Å². The summed E-state index contributed by atoms with van der Waals surface area (Å²) >= 11 is 1.38. The van der Waals surface area contributed by atoms with Gasteiger partial charge >= 0.3 is 0 Å². The molecule has 1 aromatic heterocycles. The monoisotopic (exact) mass is 252 g/mol. The Bertz CT molecular complexity index is 558. The summed E-state index contributed by atoms with van der Waals surface area (Å²) in [4.78, 5) is 4.08. The van der Waals surface area contributed by atoms with E-state index >= 15 is 0 Å². The summed E-state index contributed by atoms with van der Waals surface area (Å²) in [5.41, 5.74) is 8.36. The van der Waals surface area contributed by atoms with E-state index in [1.54, 1.807) is 6.07 Å². The average Bonchev–Trinajstić information content (AvgIpc) is 2.58. The Labute approximate surface area is 105 Å². The summed E-state index contributed by atoms with van der Waals surface area (Å²) in [6, 6.07) is 1.61. The maximum Gasteiger partial charge on any atom is 0.181 e. The van der Waals surface area contributed by atoms with Crippen LogP contribution in [0.25, 0.3) is 10.2 Å². The molecular weight excluding hydrogens is 235 g/mol. The van der Waals surface area contributed by atoms with Gasteiger partial charge in [0.05, 0.1) is 4.70 Å². The molecular formula is C13H17FN2S. The number of rotatable bonds is 2. The Kier molecular flexibility index (Phi) is 3.08. The van der Waals surface area contributed by atoms with Crippen LogP contribution < -0.4 is 5.73 Å². The number of thiazole rings is 1. The number of nitrogen functional groups attached to an aromatic ring is 1. The maximum absolute atomic E-state index is 14.0. The van der Waals surface area contributed by atoms with Crippen LogP contribution >= 0.6 is 11.3 Å². The second kappa shape index (κ2) is 4.26. The summed E-state index contributed by atoms with van der Waals surface area (Å²) in [6.07, 6.45) is 0. The van der Waals surface area contributed by atoms with Crippen LogP contribution in [-0.2, 0) is 0 Å². The molecule has 0 aliphatic carbocycles. The Morgan fingerprint density at radius 2 is 1.88 bits per heavy atom. The number of fused-ring (bicyclic) bond motifs is 1. The molecule has 0 fully saturated rings. The van der Waals surface area contributed by atoms with E-state index in [0.29, 0.717) is 22.5 Å². The third-order valence-corrected chi connectivity index (χ3v) is 3.82. The SMILES string of the molecule is CC(C)c1cc(F)c2nc(N)sc2c1C(C)C. The first-order chi connectivity index (χ1) is 7.91. The van der Waals surface area contributed by atoms with E-state index in [1.807, 2.05) is 0 Å². The fraction of sp³-hybridized carbons (Fsp3) is 0.462. The number of benzene rings is 1. The normalized spacial score (nSPS) is 11.9. The summed E-state index contributed by atoms with van der Waals surface area (Å²) in [5.74, 6) is 0.381. The van der Waals surface area contributed by atoms with Crippen LogP contribution in [0.4, 0.5) is 9.52 Å². The highest BCUT2D eigenvalue weighted by molar-refractivity contribution is 7.22. The van der Waals surface area contributed by atoms with Gasteiger partial charge in [0.25, 0.3) is 0 Å². The molecule has 2 rings (SSSR count). The fourth-order valence-corrected chi connectivity index (χ4v) is 3.22. The van der Waals surface area contributed by atoms with Gasteiger partial charge in [-0.1, -0.05) is 39.0 Å². The second-order valence-corrected chi connectivity index (χ2v) is 5.93. The van der Waals surface area contributed by atoms with Gasteiger partial charge < -0.3 is 5.73 Å². The summed E-state index contributed by atoms with van der Waals surface area (Å²) < 4.78 is 14.9. The van der Waals surface area contributed by atoms with Gasteiger partial charge in [-0.2, -0.15) is 0 Å². The lowest BCUT2D eigenvalue weighted by Gasteiger charge is -2.16. The lowest BCUT2D eigenvalue weighted by molar-refractivity contribution is 0.631. The van der Waals surface area contributed by atoms with Crippen molar-refractivity contribution >= 4 is 26.7 Å². The van der Waals surface area contributed by atoms with E-state index in [9.17, 15) is 4.39 Å². The predicted octanol–water partition coefficient (Wildman–Crippen LogP) is 4.26. The topological polar surface area (TPSA) is 38.9 Å². The minimum Gasteiger partial charge on any atom is -0.375 e. The van der Waals surface area contributed by atoms with Crippen LogP contribution in [0.5, 0.6) is 0 Å². The van der Waals surface area contributed by atoms with Crippen molar-refractivity contribution in [3.05, 3.63) is 23.0 Å². The van der Waals surface area contributed by atoms with Crippen LogP contribution in [0.2, 0.25) is 0 Å². The molecule has 0 amide bonds. The van der Waals surface area contributed by atoms with E-state index in [-0.39, 0.29) is 5.82 Å². The largest absolute Gasteiger partial charge is 0.375 e. The molecule has 0 saturated carbocycles. The minimum atomic E-state index is -0.263. The zero-order valence-corrected chi connectivity index (χ0v) is 11.4. The van der Waals surface area contributed by atoms with Gasteiger partial charge in [0.1, 0.15) is 5.52 Å². The zero-order valence-electron chi connectivity index (χ0n) is 10.5. The molecule has 17 heavy (non-hydrogen) atoms. The molecule has 0 aliphatic rings. The molecule has 2 nitrogen and oxygen atoms in total. The van der Waals surface area contributed by atoms with Crippen molar-refractivity contribution < 1.29 is 4.39 Å². The molecule has 1 heterocycles. The van der Waals surface area contributed by atoms with Gasteiger partial charge in [-0.3, -0.25) is 0 Å². The Hall–Kier alpha value is -1.16. The summed E-state index contributed by atoms with van der Waals surface area (Å²) in [5, 5.41) is 0.432. The van der Waals surface area contributed by atoms with E-state index in [1.165, 1.54) is 16.9 Å². The summed E-state index contributed by atoms with van der Waals surface area (Å²) in [6.45, 7) is 8.40. The van der Waals surface area contributed by atoms with Crippen molar-refractivity contribution in [3.8, 4) is 0 Å². The van der Waals surface area contributed by atoms with Crippen LogP contribution in [0.1, 0.15) is 50.7 Å². The van der Waals surface area contributed by atoms with Crippen molar-refractivity contribution in [2.45, 2.75) is 39.5 Å². The smallest absolute Gasteiger partial charge is 0.181 e. The molecule has 0 bridgehead atoms. The van der Waals surface area contributed by atoms with Crippen LogP contribution in [0.3, 0.4) is 0 Å². The molecule has 0 aliphatic heterocycles. The fourth-order valence-electron chi connectivity index (χ4n) is 2.17. The predicted molar refractivity (Wildman–Crippen MR) is 72.2 cm³/mol. The van der Waals surface area contributed by atoms with Gasteiger partial charge in [-0.05, 0) is 29.0 Å². The van der Waals surface area contributed by atoms with Crippen LogP contribution in [0, 0.1) is 5.82 Å². The Morgan fingerprint density at radius 1 is 1.24 bits per heavy atom. The molecule has 0 saturated heterocycles. The number of hydrogen-bond acceptors (Lipinski definition) is 3. The van der Waals surface area contributed by atoms with E-state index in [4.69, 9.17) is 5.73 Å². The van der Waals surface area contributed by atoms with Crippen molar-refractivity contribution in [2.24, 2.45) is 0 Å². The molecule has 92 valence electrons. The van der Waals surface area contributed by atoms with Gasteiger partial charge in [-0.15, -0.1) is 0 Å². The number of aromatic nitrogens is 1. The molecule has 0 atom stereocenters. The molecule has 2 aromatic rings. The van der Waals surface area contributed by atoms with Gasteiger partial charge in [0.2, 0.25) is 0 Å². The number of nitrogens with two attached hydrogens (primary N) is 1. The first-order valence-corrected chi connectivity index (χ1v) is 6.61. The highest BCUT2D eigenvalue weighted by Crippen LogP contribution is 2.38. The van der Waals surface area contributed by atoms with E-state index in [2.05, 4.69) is 32.7 Å². The molecule has 0 spiro atoms. The second-order valence-electron chi connectivity index (χ2n) is 4.90. The van der Waals surface area contributed by atoms with Crippen LogP contribution in [-0.4, -0.2) is 4.98 Å². The molecule has 0 radical (unpaired) electrons. The lowest BCUT2D eigenvalue weighted by atomic mass is 9.90. The molecule has 2 N–H and O–H groups in total. The van der Waals surface area contributed by atoms with Crippen molar-refractivity contribution in [1.29, 1.82) is 0 Å². The molecule has 4 heteroatoms. The standard InChI is InChI=1S/C13H17FN2S/c1-6(2)8-5-9(14)11-12(10(8)7(3)4)17-13(15)16-11/h5-7H,1-4H3,(H2,15,16). The first-order valence-electron chi connectivity index (χ1n) is 5.80. The number of nitrogens with zero attached hydrogens (tertiary/aromatic N) is 1. The lowest BCUT2D eigenvalue weighted by Crippen LogP contribution is -2.00. The van der Waals surface area contributed by atoms with Gasteiger partial charge in [-0.25, -0.2) is 9.37 Å². The van der Waals surface area contributed by atoms with Gasteiger partial charge in [0.15, 0.2) is 10.9 Å². The zero-order chi connectivity index (χ0) is 12.7. The number of halogens is 1. The third kappa shape index (κ3) is 2.02. The van der Waals surface area contributed by atoms with Crippen molar-refractivity contribution in [1.82, 2.24) is 4.98 Å². The molecule has 0 unspecified atom stereocenters. The van der Waals surface area contributed by atoms with Crippen molar-refractivity contribution in [3.63, 3.8) is 0 Å². The molecule has 1 aromatic carbocycles. The van der Waals surface area contributed by atoms with Crippen molar-refractivity contribution in [2.75, 3.05) is 5.73 Å². The quantitative estimate of drug-likeness (QED) is 0.867. The minimum absolute atomic E-state index is 0.263. The highest BCUT2D eigenvalue weighted by Gasteiger charge is 2.19. The third-order valence-electron chi connectivity index (χ3n) is 2.91. The van der Waals surface area contributed by atoms with E-state index in [0.717, 1.165) is 10.3 Å².